The third-order valence-electron chi connectivity index (χ3n) is 3.07. The molecular formula is C15H13FN4. The van der Waals surface area contributed by atoms with Gasteiger partial charge in [-0.15, -0.1) is 0 Å². The highest BCUT2D eigenvalue weighted by Crippen LogP contribution is 2.27. The number of fused-ring (bicyclic) bond motifs is 1. The molecule has 0 aliphatic carbocycles. The number of hydrogen-bond donors (Lipinski definition) is 2. The van der Waals surface area contributed by atoms with Gasteiger partial charge in [-0.3, -0.25) is 0 Å². The van der Waals surface area contributed by atoms with Crippen molar-refractivity contribution < 1.29 is 4.39 Å². The summed E-state index contributed by atoms with van der Waals surface area (Å²) in [6.45, 7) is 1.84. The summed E-state index contributed by atoms with van der Waals surface area (Å²) >= 11 is 0. The molecule has 100 valence electrons. The molecule has 0 unspecified atom stereocenters. The van der Waals surface area contributed by atoms with Gasteiger partial charge in [-0.25, -0.2) is 14.4 Å². The van der Waals surface area contributed by atoms with E-state index in [2.05, 4.69) is 15.3 Å². The topological polar surface area (TPSA) is 63.8 Å². The molecule has 20 heavy (non-hydrogen) atoms. The van der Waals surface area contributed by atoms with Gasteiger partial charge in [0.2, 0.25) is 0 Å². The Balaban J connectivity index is 2.09. The Labute approximate surface area is 115 Å². The first-order valence-corrected chi connectivity index (χ1v) is 6.17. The lowest BCUT2D eigenvalue weighted by molar-refractivity contribution is 0.630. The van der Waals surface area contributed by atoms with E-state index in [-0.39, 0.29) is 5.82 Å². The highest BCUT2D eigenvalue weighted by molar-refractivity contribution is 5.97. The Kier molecular flexibility index (Phi) is 2.95. The number of hydrogen-bond acceptors (Lipinski definition) is 4. The molecule has 3 aromatic rings. The first-order chi connectivity index (χ1) is 9.65. The highest BCUT2D eigenvalue weighted by atomic mass is 19.1. The van der Waals surface area contributed by atoms with Crippen LogP contribution in [0.2, 0.25) is 0 Å². The molecule has 0 fully saturated rings. The van der Waals surface area contributed by atoms with E-state index in [1.54, 1.807) is 12.1 Å². The van der Waals surface area contributed by atoms with Gasteiger partial charge in [0.05, 0.1) is 16.9 Å². The predicted octanol–water partition coefficient (Wildman–Crippen LogP) is 3.40. The molecule has 3 rings (SSSR count). The van der Waals surface area contributed by atoms with Crippen molar-refractivity contribution in [3.05, 3.63) is 54.1 Å². The van der Waals surface area contributed by atoms with Crippen molar-refractivity contribution in [1.82, 2.24) is 9.97 Å². The largest absolute Gasteiger partial charge is 0.397 e. The number of nitrogens with one attached hydrogen (secondary N) is 1. The molecule has 2 aromatic carbocycles. The SMILES string of the molecule is Cc1ccc(Nc2ncnc3c(N)cccc23)c(F)c1. The number of anilines is 3. The van der Waals surface area contributed by atoms with E-state index in [0.29, 0.717) is 22.7 Å². The fourth-order valence-corrected chi connectivity index (χ4v) is 2.06. The molecular weight excluding hydrogens is 255 g/mol. The minimum atomic E-state index is -0.319. The van der Waals surface area contributed by atoms with Crippen LogP contribution in [0.5, 0.6) is 0 Å². The van der Waals surface area contributed by atoms with Gasteiger partial charge in [-0.2, -0.15) is 0 Å². The van der Waals surface area contributed by atoms with E-state index in [1.807, 2.05) is 25.1 Å². The van der Waals surface area contributed by atoms with Gasteiger partial charge in [0.25, 0.3) is 0 Å². The average Bonchev–Trinajstić information content (AvgIpc) is 2.43. The van der Waals surface area contributed by atoms with E-state index >= 15 is 0 Å². The fourth-order valence-electron chi connectivity index (χ4n) is 2.06. The van der Waals surface area contributed by atoms with Gasteiger partial charge in [-0.1, -0.05) is 12.1 Å². The monoisotopic (exact) mass is 268 g/mol. The van der Waals surface area contributed by atoms with Crippen LogP contribution in [0.1, 0.15) is 5.56 Å². The van der Waals surface area contributed by atoms with Crippen LogP contribution in [0, 0.1) is 12.7 Å². The Morgan fingerprint density at radius 2 is 2.00 bits per heavy atom. The number of halogens is 1. The molecule has 1 heterocycles. The van der Waals surface area contributed by atoms with Crippen LogP contribution in [-0.4, -0.2) is 9.97 Å². The Morgan fingerprint density at radius 3 is 2.80 bits per heavy atom. The first kappa shape index (κ1) is 12.3. The highest BCUT2D eigenvalue weighted by Gasteiger charge is 2.08. The van der Waals surface area contributed by atoms with Crippen LogP contribution >= 0.6 is 0 Å². The molecule has 0 aliphatic heterocycles. The molecule has 0 saturated heterocycles. The lowest BCUT2D eigenvalue weighted by Crippen LogP contribution is -1.99. The van der Waals surface area contributed by atoms with Crippen molar-refractivity contribution in [2.75, 3.05) is 11.1 Å². The normalized spacial score (nSPS) is 10.7. The zero-order valence-electron chi connectivity index (χ0n) is 10.9. The Hall–Kier alpha value is -2.69. The fraction of sp³-hybridized carbons (Fsp3) is 0.0667. The average molecular weight is 268 g/mol. The molecule has 0 aliphatic rings. The van der Waals surface area contributed by atoms with E-state index < -0.39 is 0 Å². The molecule has 0 amide bonds. The number of aryl methyl sites for hydroxylation is 1. The molecule has 5 heteroatoms. The summed E-state index contributed by atoms with van der Waals surface area (Å²) in [7, 11) is 0. The molecule has 0 atom stereocenters. The number of aromatic nitrogens is 2. The molecule has 1 aromatic heterocycles. The molecule has 0 spiro atoms. The predicted molar refractivity (Wildman–Crippen MR) is 78.4 cm³/mol. The van der Waals surface area contributed by atoms with Crippen molar-refractivity contribution >= 4 is 28.1 Å². The van der Waals surface area contributed by atoms with Crippen molar-refractivity contribution in [3.63, 3.8) is 0 Å². The van der Waals surface area contributed by atoms with Crippen molar-refractivity contribution in [2.45, 2.75) is 6.92 Å². The third kappa shape index (κ3) is 2.14. The summed E-state index contributed by atoms with van der Waals surface area (Å²) in [4.78, 5) is 8.31. The minimum Gasteiger partial charge on any atom is -0.397 e. The maximum absolute atomic E-state index is 13.9. The molecule has 0 bridgehead atoms. The maximum atomic E-state index is 13.9. The van der Waals surface area contributed by atoms with Gasteiger partial charge < -0.3 is 11.1 Å². The van der Waals surface area contributed by atoms with Crippen molar-refractivity contribution in [1.29, 1.82) is 0 Å². The van der Waals surface area contributed by atoms with Crippen LogP contribution in [0.3, 0.4) is 0 Å². The molecule has 3 N–H and O–H groups in total. The van der Waals surface area contributed by atoms with Crippen molar-refractivity contribution in [3.8, 4) is 0 Å². The summed E-state index contributed by atoms with van der Waals surface area (Å²) in [5.74, 6) is 0.214. The zero-order chi connectivity index (χ0) is 14.1. The molecule has 0 radical (unpaired) electrons. The van der Waals surface area contributed by atoms with Crippen LogP contribution < -0.4 is 11.1 Å². The smallest absolute Gasteiger partial charge is 0.146 e. The quantitative estimate of drug-likeness (QED) is 0.699. The van der Waals surface area contributed by atoms with Crippen LogP contribution in [0.15, 0.2) is 42.7 Å². The van der Waals surface area contributed by atoms with E-state index in [1.165, 1.54) is 12.4 Å². The van der Waals surface area contributed by atoms with Gasteiger partial charge in [-0.05, 0) is 36.8 Å². The van der Waals surface area contributed by atoms with E-state index in [0.717, 1.165) is 10.9 Å². The Morgan fingerprint density at radius 1 is 1.15 bits per heavy atom. The maximum Gasteiger partial charge on any atom is 0.146 e. The van der Waals surface area contributed by atoms with Crippen LogP contribution in [0.4, 0.5) is 21.6 Å². The lowest BCUT2D eigenvalue weighted by atomic mass is 10.2. The number of nitrogens with zero attached hydrogens (tertiary/aromatic N) is 2. The number of benzene rings is 2. The van der Waals surface area contributed by atoms with E-state index in [4.69, 9.17) is 5.73 Å². The summed E-state index contributed by atoms with van der Waals surface area (Å²) in [5, 5.41) is 3.74. The van der Waals surface area contributed by atoms with Crippen molar-refractivity contribution in [2.24, 2.45) is 0 Å². The number of para-hydroxylation sites is 1. The Bertz CT molecular complexity index is 786. The second-order valence-corrected chi connectivity index (χ2v) is 4.57. The van der Waals surface area contributed by atoms with Crippen LogP contribution in [0.25, 0.3) is 10.9 Å². The summed E-state index contributed by atoms with van der Waals surface area (Å²) in [6.07, 6.45) is 1.41. The lowest BCUT2D eigenvalue weighted by Gasteiger charge is -2.10. The first-order valence-electron chi connectivity index (χ1n) is 6.17. The molecule has 0 saturated carbocycles. The van der Waals surface area contributed by atoms with Gasteiger partial charge in [0.15, 0.2) is 0 Å². The standard InChI is InChI=1S/C15H13FN4/c1-9-5-6-13(11(16)7-9)20-15-10-3-2-4-12(17)14(10)18-8-19-15/h2-8H,17H2,1H3,(H,18,19,20). The van der Waals surface area contributed by atoms with Crippen LogP contribution in [-0.2, 0) is 0 Å². The second kappa shape index (κ2) is 4.77. The summed E-state index contributed by atoms with van der Waals surface area (Å²) < 4.78 is 13.9. The minimum absolute atomic E-state index is 0.319. The van der Waals surface area contributed by atoms with Gasteiger partial charge in [0, 0.05) is 5.39 Å². The molecule has 4 nitrogen and oxygen atoms in total. The number of rotatable bonds is 2. The summed E-state index contributed by atoms with van der Waals surface area (Å²) in [5.41, 5.74) is 8.33. The zero-order valence-corrected chi connectivity index (χ0v) is 10.9. The van der Waals surface area contributed by atoms with E-state index in [9.17, 15) is 4.39 Å². The number of nitrogen functional groups attached to an aromatic ring is 1. The second-order valence-electron chi connectivity index (χ2n) is 4.57. The van der Waals surface area contributed by atoms with Gasteiger partial charge >= 0.3 is 0 Å². The summed E-state index contributed by atoms with van der Waals surface area (Å²) in [6, 6.07) is 10.4. The third-order valence-corrected chi connectivity index (χ3v) is 3.07. The number of nitrogens with two attached hydrogens (primary N) is 1. The van der Waals surface area contributed by atoms with Gasteiger partial charge in [0.1, 0.15) is 18.0 Å².